The number of hydrogen-bond donors (Lipinski definition) is 1. The van der Waals surface area contributed by atoms with Crippen molar-refractivity contribution in [2.24, 2.45) is 4.99 Å². The summed E-state index contributed by atoms with van der Waals surface area (Å²) in [5.41, 5.74) is 3.96. The van der Waals surface area contributed by atoms with Crippen LogP contribution < -0.4 is 5.32 Å². The molecule has 0 bridgehead atoms. The Morgan fingerprint density at radius 3 is 2.71 bits per heavy atom. The maximum atomic E-state index is 13.1. The van der Waals surface area contributed by atoms with E-state index < -0.39 is 12.0 Å². The van der Waals surface area contributed by atoms with E-state index in [-0.39, 0.29) is 18.9 Å². The number of thioether (sulfide) groups is 1. The quantitative estimate of drug-likeness (QED) is 0.373. The Morgan fingerprint density at radius 2 is 2.06 bits per heavy atom. The zero-order chi connectivity index (χ0) is 24.9. The van der Waals surface area contributed by atoms with E-state index in [0.29, 0.717) is 29.5 Å². The van der Waals surface area contributed by atoms with Crippen LogP contribution in [0.15, 0.2) is 87.1 Å². The second-order valence-electron chi connectivity index (χ2n) is 8.63. The Bertz CT molecular complexity index is 1190. The molecule has 1 atom stereocenters. The van der Waals surface area contributed by atoms with E-state index in [9.17, 15) is 9.59 Å². The lowest BCUT2D eigenvalue weighted by Crippen LogP contribution is -2.38. The number of furan rings is 1. The molecule has 7 nitrogen and oxygen atoms in total. The number of amidine groups is 1. The highest BCUT2D eigenvalue weighted by atomic mass is 32.2. The number of aliphatic imine (C=N–C) groups is 1. The van der Waals surface area contributed by atoms with Crippen LogP contribution >= 0.6 is 11.8 Å². The van der Waals surface area contributed by atoms with Gasteiger partial charge in [0.2, 0.25) is 5.91 Å². The van der Waals surface area contributed by atoms with E-state index in [1.54, 1.807) is 12.3 Å². The van der Waals surface area contributed by atoms with Crippen LogP contribution in [-0.2, 0) is 20.9 Å². The molecule has 2 aliphatic heterocycles. The Kier molecular flexibility index (Phi) is 7.60. The lowest BCUT2D eigenvalue weighted by atomic mass is 9.92. The van der Waals surface area contributed by atoms with Gasteiger partial charge in [-0.15, -0.1) is 0 Å². The summed E-state index contributed by atoms with van der Waals surface area (Å²) in [7, 11) is 0. The zero-order valence-electron chi connectivity index (χ0n) is 20.1. The number of rotatable bonds is 9. The Balaban J connectivity index is 1.64. The highest BCUT2D eigenvalue weighted by Crippen LogP contribution is 2.45. The van der Waals surface area contributed by atoms with Crippen molar-refractivity contribution in [3.63, 3.8) is 0 Å². The van der Waals surface area contributed by atoms with Crippen molar-refractivity contribution in [1.29, 1.82) is 0 Å². The number of hydrogen-bond acceptors (Lipinski definition) is 7. The standard InChI is InChI=1S/C27H29N3O4S/c1-5-12-34-26(32)24-18(4)29-27-30(25(24)20-10-8-19(9-11-20)17(2)3)21(16-35-27)14-23(31)28-15-22-7-6-13-33-22/h5-11,13,16-17,25H,1,12,14-15H2,2-4H3,(H,28,31). The lowest BCUT2D eigenvalue weighted by Gasteiger charge is -2.36. The number of allylic oxidation sites excluding steroid dienone is 1. The van der Waals surface area contributed by atoms with E-state index in [1.165, 1.54) is 23.4 Å². The summed E-state index contributed by atoms with van der Waals surface area (Å²) >= 11 is 1.45. The highest BCUT2D eigenvalue weighted by Gasteiger charge is 2.41. The second kappa shape index (κ2) is 10.8. The molecular weight excluding hydrogens is 462 g/mol. The SMILES string of the molecule is C=CCOC(=O)C1=C(C)N=C2SC=C(CC(=O)NCc3ccco3)N2C1c1ccc(C(C)C)cc1. The molecule has 35 heavy (non-hydrogen) atoms. The minimum Gasteiger partial charge on any atom is -0.467 e. The molecule has 0 spiro atoms. The fraction of sp³-hybridized carbons (Fsp3) is 0.296. The molecule has 1 aromatic heterocycles. The predicted molar refractivity (Wildman–Crippen MR) is 137 cm³/mol. The molecule has 2 aromatic rings. The largest absolute Gasteiger partial charge is 0.467 e. The zero-order valence-corrected chi connectivity index (χ0v) is 20.9. The van der Waals surface area contributed by atoms with Gasteiger partial charge in [-0.25, -0.2) is 9.79 Å². The summed E-state index contributed by atoms with van der Waals surface area (Å²) in [6.45, 7) is 10.2. The number of ether oxygens (including phenoxy) is 1. The number of nitrogens with one attached hydrogen (secondary N) is 1. The normalized spacial score (nSPS) is 17.1. The first kappa shape index (κ1) is 24.6. The predicted octanol–water partition coefficient (Wildman–Crippen LogP) is 5.41. The minimum absolute atomic E-state index is 0.109. The van der Waals surface area contributed by atoms with Crippen LogP contribution in [0.2, 0.25) is 0 Å². The van der Waals surface area contributed by atoms with E-state index >= 15 is 0 Å². The van der Waals surface area contributed by atoms with Gasteiger partial charge in [0.25, 0.3) is 0 Å². The third-order valence-electron chi connectivity index (χ3n) is 5.85. The number of fused-ring (bicyclic) bond motifs is 1. The third kappa shape index (κ3) is 5.43. The summed E-state index contributed by atoms with van der Waals surface area (Å²) in [5, 5.41) is 5.54. The van der Waals surface area contributed by atoms with Gasteiger partial charge in [0.1, 0.15) is 12.4 Å². The van der Waals surface area contributed by atoms with Gasteiger partial charge in [-0.3, -0.25) is 4.79 Å². The molecule has 1 aromatic carbocycles. The van der Waals surface area contributed by atoms with Gasteiger partial charge in [-0.2, -0.15) is 0 Å². The van der Waals surface area contributed by atoms with Crippen LogP contribution in [-0.4, -0.2) is 28.6 Å². The molecule has 1 N–H and O–H groups in total. The molecule has 1 unspecified atom stereocenters. The number of carbonyl (C=O) groups excluding carboxylic acids is 2. The Morgan fingerprint density at radius 1 is 1.29 bits per heavy atom. The first-order chi connectivity index (χ1) is 16.9. The van der Waals surface area contributed by atoms with Crippen LogP contribution in [0.25, 0.3) is 0 Å². The molecule has 182 valence electrons. The number of carbonyl (C=O) groups is 2. The van der Waals surface area contributed by atoms with Gasteiger partial charge in [-0.05, 0) is 41.5 Å². The van der Waals surface area contributed by atoms with Crippen LogP contribution in [0.3, 0.4) is 0 Å². The molecule has 0 aliphatic carbocycles. The molecule has 0 saturated heterocycles. The van der Waals surface area contributed by atoms with Gasteiger partial charge in [0.15, 0.2) is 5.17 Å². The number of benzene rings is 1. The molecule has 3 heterocycles. The topological polar surface area (TPSA) is 84.1 Å². The fourth-order valence-electron chi connectivity index (χ4n) is 4.05. The highest BCUT2D eigenvalue weighted by molar-refractivity contribution is 8.16. The maximum Gasteiger partial charge on any atom is 0.338 e. The molecule has 0 fully saturated rings. The van der Waals surface area contributed by atoms with Gasteiger partial charge in [0.05, 0.1) is 36.5 Å². The van der Waals surface area contributed by atoms with Crippen LogP contribution in [0.1, 0.15) is 56.0 Å². The molecular formula is C27H29N3O4S. The van der Waals surface area contributed by atoms with Gasteiger partial charge in [-0.1, -0.05) is 62.5 Å². The van der Waals surface area contributed by atoms with Crippen molar-refractivity contribution in [1.82, 2.24) is 10.2 Å². The van der Waals surface area contributed by atoms with E-state index in [0.717, 1.165) is 16.4 Å². The average Bonchev–Trinajstić information content (AvgIpc) is 3.50. The molecule has 2 aliphatic rings. The van der Waals surface area contributed by atoms with Gasteiger partial charge in [0, 0.05) is 5.70 Å². The van der Waals surface area contributed by atoms with Crippen molar-refractivity contribution in [2.75, 3.05) is 6.61 Å². The summed E-state index contributed by atoms with van der Waals surface area (Å²) in [4.78, 5) is 32.6. The van der Waals surface area contributed by atoms with E-state index in [2.05, 4.69) is 42.9 Å². The summed E-state index contributed by atoms with van der Waals surface area (Å²) < 4.78 is 10.7. The fourth-order valence-corrected chi connectivity index (χ4v) is 5.01. The third-order valence-corrected chi connectivity index (χ3v) is 6.74. The van der Waals surface area contributed by atoms with E-state index in [4.69, 9.17) is 9.15 Å². The maximum absolute atomic E-state index is 13.1. The summed E-state index contributed by atoms with van der Waals surface area (Å²) in [5.74, 6) is 0.479. The van der Waals surface area contributed by atoms with Crippen molar-refractivity contribution in [3.05, 3.63) is 94.6 Å². The molecule has 8 heteroatoms. The molecule has 0 radical (unpaired) electrons. The van der Waals surface area contributed by atoms with Crippen LogP contribution in [0.5, 0.6) is 0 Å². The number of esters is 1. The van der Waals surface area contributed by atoms with Crippen molar-refractivity contribution >= 4 is 28.8 Å². The first-order valence-electron chi connectivity index (χ1n) is 11.5. The summed E-state index contributed by atoms with van der Waals surface area (Å²) in [6, 6.07) is 11.4. The molecule has 0 saturated carbocycles. The Labute approximate surface area is 209 Å². The van der Waals surface area contributed by atoms with Gasteiger partial charge < -0.3 is 19.4 Å². The Hall–Kier alpha value is -3.52. The molecule has 4 rings (SSSR count). The number of nitrogens with zero attached hydrogens (tertiary/aromatic N) is 2. The molecule has 1 amide bonds. The summed E-state index contributed by atoms with van der Waals surface area (Å²) in [6.07, 6.45) is 3.25. The van der Waals surface area contributed by atoms with Crippen LogP contribution in [0.4, 0.5) is 0 Å². The second-order valence-corrected chi connectivity index (χ2v) is 9.47. The smallest absolute Gasteiger partial charge is 0.338 e. The van der Waals surface area contributed by atoms with Crippen molar-refractivity contribution < 1.29 is 18.7 Å². The number of amides is 1. The lowest BCUT2D eigenvalue weighted by molar-refractivity contribution is -0.138. The van der Waals surface area contributed by atoms with Gasteiger partial charge >= 0.3 is 5.97 Å². The monoisotopic (exact) mass is 491 g/mol. The van der Waals surface area contributed by atoms with E-state index in [1.807, 2.05) is 35.4 Å². The average molecular weight is 492 g/mol. The van der Waals surface area contributed by atoms with Crippen LogP contribution in [0, 0.1) is 0 Å². The van der Waals surface area contributed by atoms with Crippen molar-refractivity contribution in [3.8, 4) is 0 Å². The van der Waals surface area contributed by atoms with Crippen molar-refractivity contribution in [2.45, 2.75) is 45.7 Å². The first-order valence-corrected chi connectivity index (χ1v) is 12.4. The minimum atomic E-state index is -0.458.